The number of amides is 1. The first kappa shape index (κ1) is 26.3. The number of carbonyl (C=O) groups is 2. The van der Waals surface area contributed by atoms with Crippen LogP contribution in [0.2, 0.25) is 0 Å². The number of unbranched alkanes of at least 4 members (excludes halogenated alkanes) is 12. The molecule has 5 heteroatoms. The van der Waals surface area contributed by atoms with Crippen LogP contribution in [-0.2, 0) is 14.3 Å². The van der Waals surface area contributed by atoms with Crippen LogP contribution in [0.25, 0.3) is 0 Å². The van der Waals surface area contributed by atoms with Crippen molar-refractivity contribution in [2.45, 2.75) is 122 Å². The van der Waals surface area contributed by atoms with Gasteiger partial charge in [-0.25, -0.2) is 9.59 Å². The summed E-state index contributed by atoms with van der Waals surface area (Å²) in [6.07, 6.45) is 24.1. The normalized spacial score (nSPS) is 14.8. The summed E-state index contributed by atoms with van der Waals surface area (Å²) < 4.78 is 10.3. The number of ether oxygens (including phenoxy) is 2. The lowest BCUT2D eigenvalue weighted by atomic mass is 9.98. The zero-order valence-electron chi connectivity index (χ0n) is 19.1. The standard InChI is InChI=1S/C25H43NO4/c1-3-5-6-7-8-9-10-11-12-13-14-15-18-22-29-23(27)25(19-16-17-20-25)26-24(28)30-21-4-2/h2H,3,5-22H2,1H3,(H,26,28). The molecule has 0 bridgehead atoms. The molecule has 0 atom stereocenters. The van der Waals surface area contributed by atoms with Gasteiger partial charge >= 0.3 is 12.1 Å². The molecule has 1 rings (SSSR count). The molecule has 1 aliphatic rings. The van der Waals surface area contributed by atoms with Crippen LogP contribution in [0, 0.1) is 12.3 Å². The Morgan fingerprint density at radius 3 is 1.83 bits per heavy atom. The van der Waals surface area contributed by atoms with Gasteiger partial charge < -0.3 is 14.8 Å². The summed E-state index contributed by atoms with van der Waals surface area (Å²) in [4.78, 5) is 24.4. The molecule has 0 heterocycles. The molecular formula is C25H43NO4. The van der Waals surface area contributed by atoms with Gasteiger partial charge in [-0.3, -0.25) is 0 Å². The molecule has 1 saturated carbocycles. The van der Waals surface area contributed by atoms with E-state index in [9.17, 15) is 9.59 Å². The first-order valence-corrected chi connectivity index (χ1v) is 12.2. The average Bonchev–Trinajstić information content (AvgIpc) is 3.22. The maximum absolute atomic E-state index is 12.6. The predicted octanol–water partition coefficient (Wildman–Crippen LogP) is 6.29. The van der Waals surface area contributed by atoms with Crippen molar-refractivity contribution in [3.05, 3.63) is 0 Å². The monoisotopic (exact) mass is 421 g/mol. The molecule has 0 unspecified atom stereocenters. The van der Waals surface area contributed by atoms with Crippen molar-refractivity contribution in [3.63, 3.8) is 0 Å². The SMILES string of the molecule is C#CCOC(=O)NC1(C(=O)OCCCCCCCCCCCCCCC)CCCC1. The second-order valence-electron chi connectivity index (χ2n) is 8.57. The largest absolute Gasteiger partial charge is 0.464 e. The van der Waals surface area contributed by atoms with Crippen molar-refractivity contribution in [1.82, 2.24) is 5.32 Å². The zero-order valence-corrected chi connectivity index (χ0v) is 19.1. The highest BCUT2D eigenvalue weighted by Gasteiger charge is 2.44. The van der Waals surface area contributed by atoms with Crippen molar-refractivity contribution < 1.29 is 19.1 Å². The Hall–Kier alpha value is -1.70. The maximum Gasteiger partial charge on any atom is 0.409 e. The van der Waals surface area contributed by atoms with Gasteiger partial charge in [-0.2, -0.15) is 0 Å². The first-order valence-electron chi connectivity index (χ1n) is 12.2. The van der Waals surface area contributed by atoms with Gasteiger partial charge in [-0.1, -0.05) is 103 Å². The average molecular weight is 422 g/mol. The summed E-state index contributed by atoms with van der Waals surface area (Å²) >= 11 is 0. The second-order valence-corrected chi connectivity index (χ2v) is 8.57. The number of hydrogen-bond donors (Lipinski definition) is 1. The lowest BCUT2D eigenvalue weighted by Crippen LogP contribution is -2.53. The third-order valence-corrected chi connectivity index (χ3v) is 5.96. The molecule has 30 heavy (non-hydrogen) atoms. The molecule has 0 aromatic rings. The molecule has 0 aromatic carbocycles. The van der Waals surface area contributed by atoms with Gasteiger partial charge in [0.2, 0.25) is 0 Å². The molecule has 0 saturated heterocycles. The van der Waals surface area contributed by atoms with Crippen LogP contribution in [0.1, 0.15) is 116 Å². The van der Waals surface area contributed by atoms with Crippen LogP contribution in [0.4, 0.5) is 4.79 Å². The van der Waals surface area contributed by atoms with E-state index in [2.05, 4.69) is 18.2 Å². The van der Waals surface area contributed by atoms with E-state index in [0.29, 0.717) is 19.4 Å². The lowest BCUT2D eigenvalue weighted by molar-refractivity contribution is -0.151. The maximum atomic E-state index is 12.6. The first-order chi connectivity index (χ1) is 14.6. The van der Waals surface area contributed by atoms with Gasteiger partial charge in [-0.05, 0) is 19.3 Å². The van der Waals surface area contributed by atoms with Gasteiger partial charge in [0.05, 0.1) is 6.61 Å². The number of hydrogen-bond acceptors (Lipinski definition) is 4. The van der Waals surface area contributed by atoms with Crippen molar-refractivity contribution in [2.75, 3.05) is 13.2 Å². The lowest BCUT2D eigenvalue weighted by Gasteiger charge is -2.27. The van der Waals surface area contributed by atoms with E-state index in [4.69, 9.17) is 15.9 Å². The van der Waals surface area contributed by atoms with Gasteiger partial charge in [0.1, 0.15) is 5.54 Å². The molecule has 5 nitrogen and oxygen atoms in total. The fraction of sp³-hybridized carbons (Fsp3) is 0.840. The van der Waals surface area contributed by atoms with Crippen molar-refractivity contribution >= 4 is 12.1 Å². The summed E-state index contributed by atoms with van der Waals surface area (Å²) in [5, 5.41) is 2.70. The molecule has 0 radical (unpaired) electrons. The van der Waals surface area contributed by atoms with E-state index < -0.39 is 11.6 Å². The van der Waals surface area contributed by atoms with E-state index in [1.165, 1.54) is 70.6 Å². The van der Waals surface area contributed by atoms with Crippen molar-refractivity contribution in [2.24, 2.45) is 0 Å². The number of esters is 1. The molecule has 0 aliphatic heterocycles. The minimum Gasteiger partial charge on any atom is -0.464 e. The highest BCUT2D eigenvalue weighted by molar-refractivity contribution is 5.86. The van der Waals surface area contributed by atoms with Crippen LogP contribution >= 0.6 is 0 Å². The van der Waals surface area contributed by atoms with Gasteiger partial charge in [-0.15, -0.1) is 6.42 Å². The Bertz CT molecular complexity index is 506. The fourth-order valence-corrected chi connectivity index (χ4v) is 4.12. The number of nitrogens with one attached hydrogen (secondary N) is 1. The molecule has 172 valence electrons. The van der Waals surface area contributed by atoms with Gasteiger partial charge in [0.15, 0.2) is 6.61 Å². The van der Waals surface area contributed by atoms with Crippen LogP contribution in [0.5, 0.6) is 0 Å². The van der Waals surface area contributed by atoms with Crippen LogP contribution < -0.4 is 5.32 Å². The van der Waals surface area contributed by atoms with E-state index in [1.54, 1.807) is 0 Å². The van der Waals surface area contributed by atoms with Gasteiger partial charge in [0.25, 0.3) is 0 Å². The van der Waals surface area contributed by atoms with E-state index >= 15 is 0 Å². The summed E-state index contributed by atoms with van der Waals surface area (Å²) in [7, 11) is 0. The highest BCUT2D eigenvalue weighted by Crippen LogP contribution is 2.31. The Kier molecular flexibility index (Phi) is 14.9. The van der Waals surface area contributed by atoms with Gasteiger partial charge in [0, 0.05) is 0 Å². The van der Waals surface area contributed by atoms with Crippen LogP contribution in [-0.4, -0.2) is 30.8 Å². The Morgan fingerprint density at radius 1 is 0.833 bits per heavy atom. The number of terminal acetylenes is 1. The van der Waals surface area contributed by atoms with Crippen LogP contribution in [0.15, 0.2) is 0 Å². The second kappa shape index (κ2) is 17.0. The third kappa shape index (κ3) is 11.5. The predicted molar refractivity (Wildman–Crippen MR) is 121 cm³/mol. The Morgan fingerprint density at radius 2 is 1.33 bits per heavy atom. The van der Waals surface area contributed by atoms with E-state index in [0.717, 1.165) is 25.7 Å². The summed E-state index contributed by atoms with van der Waals surface area (Å²) in [6, 6.07) is 0. The number of alkyl carbamates (subject to hydrolysis) is 1. The molecular weight excluding hydrogens is 378 g/mol. The van der Waals surface area contributed by atoms with E-state index in [-0.39, 0.29) is 12.6 Å². The topological polar surface area (TPSA) is 64.6 Å². The molecule has 1 fully saturated rings. The Labute approximate surface area is 184 Å². The minimum absolute atomic E-state index is 0.101. The summed E-state index contributed by atoms with van der Waals surface area (Å²) in [6.45, 7) is 2.57. The molecule has 1 amide bonds. The highest BCUT2D eigenvalue weighted by atomic mass is 16.6. The van der Waals surface area contributed by atoms with Crippen molar-refractivity contribution in [3.8, 4) is 12.3 Å². The molecule has 0 aromatic heterocycles. The minimum atomic E-state index is -0.942. The summed E-state index contributed by atoms with van der Waals surface area (Å²) in [5.41, 5.74) is -0.942. The number of rotatable bonds is 17. The Balaban J connectivity index is 2.04. The summed E-state index contributed by atoms with van der Waals surface area (Å²) in [5.74, 6) is 1.91. The number of carbonyl (C=O) groups excluding carboxylic acids is 2. The van der Waals surface area contributed by atoms with Crippen LogP contribution in [0.3, 0.4) is 0 Å². The third-order valence-electron chi connectivity index (χ3n) is 5.96. The van der Waals surface area contributed by atoms with E-state index in [1.807, 2.05) is 0 Å². The van der Waals surface area contributed by atoms with Crippen molar-refractivity contribution in [1.29, 1.82) is 0 Å². The molecule has 1 aliphatic carbocycles. The smallest absolute Gasteiger partial charge is 0.409 e. The molecule has 1 N–H and O–H groups in total. The zero-order chi connectivity index (χ0) is 21.9. The fourth-order valence-electron chi connectivity index (χ4n) is 4.12. The quantitative estimate of drug-likeness (QED) is 0.170. The molecule has 0 spiro atoms.